The number of hydrogen-bond acceptors (Lipinski definition) is 1. The van der Waals surface area contributed by atoms with Crippen molar-refractivity contribution in [2.75, 3.05) is 7.05 Å². The molecule has 0 N–H and O–H groups in total. The SMILES string of the molecule is C#C/C=C1/C=CC=CC1=NC. The minimum Gasteiger partial charge on any atom is -0.288 e. The average Bonchev–Trinajstić information content (AvgIpc) is 2.06. The molecule has 0 fully saturated rings. The fourth-order valence-electron chi connectivity index (χ4n) is 0.903. The fourth-order valence-corrected chi connectivity index (χ4v) is 0.903. The highest BCUT2D eigenvalue weighted by atomic mass is 14.7. The molecule has 0 saturated heterocycles. The van der Waals surface area contributed by atoms with E-state index in [2.05, 4.69) is 10.9 Å². The van der Waals surface area contributed by atoms with Crippen LogP contribution >= 0.6 is 0 Å². The summed E-state index contributed by atoms with van der Waals surface area (Å²) in [7, 11) is 1.75. The van der Waals surface area contributed by atoms with Gasteiger partial charge in [-0.25, -0.2) is 0 Å². The van der Waals surface area contributed by atoms with Crippen molar-refractivity contribution in [1.82, 2.24) is 0 Å². The highest BCUT2D eigenvalue weighted by molar-refractivity contribution is 6.11. The van der Waals surface area contributed by atoms with Gasteiger partial charge in [0.1, 0.15) is 0 Å². The first-order valence-electron chi connectivity index (χ1n) is 3.36. The number of allylic oxidation sites excluding steroid dienone is 6. The zero-order valence-electron chi connectivity index (χ0n) is 6.41. The van der Waals surface area contributed by atoms with Crippen LogP contribution in [-0.4, -0.2) is 12.8 Å². The predicted octanol–water partition coefficient (Wildman–Crippen LogP) is 1.74. The van der Waals surface area contributed by atoms with Gasteiger partial charge in [-0.15, -0.1) is 6.42 Å². The van der Waals surface area contributed by atoms with Crippen molar-refractivity contribution < 1.29 is 0 Å². The lowest BCUT2D eigenvalue weighted by molar-refractivity contribution is 1.43. The number of terminal acetylenes is 1. The normalized spacial score (nSPS) is 22.5. The van der Waals surface area contributed by atoms with E-state index in [0.29, 0.717) is 0 Å². The number of hydrogen-bond donors (Lipinski definition) is 0. The third-order valence-electron chi connectivity index (χ3n) is 1.42. The maximum atomic E-state index is 5.14. The maximum Gasteiger partial charge on any atom is 0.0649 e. The van der Waals surface area contributed by atoms with Crippen LogP contribution in [0.3, 0.4) is 0 Å². The first-order chi connectivity index (χ1) is 5.38. The van der Waals surface area contributed by atoms with Gasteiger partial charge >= 0.3 is 0 Å². The van der Waals surface area contributed by atoms with E-state index in [1.54, 1.807) is 13.1 Å². The number of aliphatic imine (C=N–C) groups is 1. The zero-order valence-corrected chi connectivity index (χ0v) is 6.41. The zero-order chi connectivity index (χ0) is 8.10. The molecule has 54 valence electrons. The van der Waals surface area contributed by atoms with Crippen LogP contribution in [0.25, 0.3) is 0 Å². The Balaban J connectivity index is 3.00. The van der Waals surface area contributed by atoms with E-state index in [0.717, 1.165) is 11.3 Å². The van der Waals surface area contributed by atoms with Gasteiger partial charge in [0.05, 0.1) is 5.71 Å². The summed E-state index contributed by atoms with van der Waals surface area (Å²) in [6.45, 7) is 0. The van der Waals surface area contributed by atoms with Gasteiger partial charge in [-0.3, -0.25) is 4.99 Å². The van der Waals surface area contributed by atoms with Crippen LogP contribution in [0.4, 0.5) is 0 Å². The summed E-state index contributed by atoms with van der Waals surface area (Å²) < 4.78 is 0. The lowest BCUT2D eigenvalue weighted by Crippen LogP contribution is -1.98. The smallest absolute Gasteiger partial charge is 0.0649 e. The molecule has 0 heterocycles. The summed E-state index contributed by atoms with van der Waals surface area (Å²) in [5.41, 5.74) is 1.93. The lowest BCUT2D eigenvalue weighted by Gasteiger charge is -2.02. The third-order valence-corrected chi connectivity index (χ3v) is 1.42. The molecule has 11 heavy (non-hydrogen) atoms. The Labute approximate surface area is 66.8 Å². The molecular formula is C10H9N. The van der Waals surface area contributed by atoms with E-state index < -0.39 is 0 Å². The van der Waals surface area contributed by atoms with Crippen LogP contribution in [0.1, 0.15) is 0 Å². The average molecular weight is 143 g/mol. The van der Waals surface area contributed by atoms with Crippen LogP contribution in [0.5, 0.6) is 0 Å². The Morgan fingerprint density at radius 2 is 2.18 bits per heavy atom. The summed E-state index contributed by atoms with van der Waals surface area (Å²) in [5.74, 6) is 2.47. The second-order valence-electron chi connectivity index (χ2n) is 2.09. The van der Waals surface area contributed by atoms with Gasteiger partial charge < -0.3 is 0 Å². The van der Waals surface area contributed by atoms with Gasteiger partial charge in [0.2, 0.25) is 0 Å². The lowest BCUT2D eigenvalue weighted by atomic mass is 10.1. The van der Waals surface area contributed by atoms with Crippen LogP contribution in [0, 0.1) is 12.3 Å². The molecule has 0 radical (unpaired) electrons. The quantitative estimate of drug-likeness (QED) is 0.458. The summed E-state index contributed by atoms with van der Waals surface area (Å²) >= 11 is 0. The molecule has 0 spiro atoms. The summed E-state index contributed by atoms with van der Waals surface area (Å²) in [4.78, 5) is 4.06. The molecule has 0 amide bonds. The van der Waals surface area contributed by atoms with E-state index in [4.69, 9.17) is 6.42 Å². The monoisotopic (exact) mass is 143 g/mol. The second kappa shape index (κ2) is 3.58. The Morgan fingerprint density at radius 1 is 1.45 bits per heavy atom. The van der Waals surface area contributed by atoms with Crippen molar-refractivity contribution in [3.63, 3.8) is 0 Å². The van der Waals surface area contributed by atoms with Crippen molar-refractivity contribution in [2.45, 2.75) is 0 Å². The minimum atomic E-state index is 0.936. The molecule has 0 bridgehead atoms. The molecule has 1 nitrogen and oxygen atoms in total. The third kappa shape index (κ3) is 1.68. The van der Waals surface area contributed by atoms with Crippen LogP contribution in [0.2, 0.25) is 0 Å². The second-order valence-corrected chi connectivity index (χ2v) is 2.09. The highest BCUT2D eigenvalue weighted by Gasteiger charge is 1.99. The van der Waals surface area contributed by atoms with Gasteiger partial charge in [-0.2, -0.15) is 0 Å². The van der Waals surface area contributed by atoms with E-state index in [1.807, 2.05) is 24.3 Å². The van der Waals surface area contributed by atoms with Gasteiger partial charge in [-0.05, 0) is 12.2 Å². The molecule has 1 aliphatic carbocycles. The maximum absolute atomic E-state index is 5.14. The largest absolute Gasteiger partial charge is 0.288 e. The van der Waals surface area contributed by atoms with Gasteiger partial charge in [-0.1, -0.05) is 24.1 Å². The number of rotatable bonds is 0. The van der Waals surface area contributed by atoms with Crippen LogP contribution in [-0.2, 0) is 0 Å². The van der Waals surface area contributed by atoms with Crippen molar-refractivity contribution in [3.05, 3.63) is 36.0 Å². The van der Waals surface area contributed by atoms with Crippen molar-refractivity contribution in [2.24, 2.45) is 4.99 Å². The molecule has 1 aliphatic rings. The molecule has 0 aromatic carbocycles. The molecular weight excluding hydrogens is 134 g/mol. The first-order valence-corrected chi connectivity index (χ1v) is 3.36. The Morgan fingerprint density at radius 3 is 2.82 bits per heavy atom. The molecule has 0 aromatic heterocycles. The van der Waals surface area contributed by atoms with Gasteiger partial charge in [0.25, 0.3) is 0 Å². The Bertz CT molecular complexity index is 295. The standard InChI is InChI=1S/C10H9N/c1-3-6-9-7-4-5-8-10(9)11-2/h1,4-8H,2H3/b9-6-,11-10?. The molecule has 1 rings (SSSR count). The van der Waals surface area contributed by atoms with E-state index in [9.17, 15) is 0 Å². The highest BCUT2D eigenvalue weighted by Crippen LogP contribution is 2.06. The van der Waals surface area contributed by atoms with Crippen LogP contribution in [0.15, 0.2) is 40.9 Å². The molecule has 1 heteroatoms. The van der Waals surface area contributed by atoms with Gasteiger partial charge in [0.15, 0.2) is 0 Å². The molecule has 0 atom stereocenters. The van der Waals surface area contributed by atoms with E-state index >= 15 is 0 Å². The van der Waals surface area contributed by atoms with Crippen molar-refractivity contribution in [1.29, 1.82) is 0 Å². The summed E-state index contributed by atoms with van der Waals surface area (Å²) in [6.07, 6.45) is 14.6. The molecule has 0 aromatic rings. The topological polar surface area (TPSA) is 12.4 Å². The molecule has 0 saturated carbocycles. The summed E-state index contributed by atoms with van der Waals surface area (Å²) in [5, 5.41) is 0. The first kappa shape index (κ1) is 7.56. The van der Waals surface area contributed by atoms with E-state index in [1.165, 1.54) is 0 Å². The summed E-state index contributed by atoms with van der Waals surface area (Å²) in [6, 6.07) is 0. The van der Waals surface area contributed by atoms with Crippen LogP contribution < -0.4 is 0 Å². The molecule has 0 unspecified atom stereocenters. The fraction of sp³-hybridized carbons (Fsp3) is 0.100. The Kier molecular flexibility index (Phi) is 2.46. The Hall–Kier alpha value is -1.55. The van der Waals surface area contributed by atoms with E-state index in [-0.39, 0.29) is 0 Å². The van der Waals surface area contributed by atoms with Gasteiger partial charge in [0, 0.05) is 12.6 Å². The van der Waals surface area contributed by atoms with Crippen molar-refractivity contribution in [3.8, 4) is 12.3 Å². The minimum absolute atomic E-state index is 0.936. The molecule has 0 aliphatic heterocycles. The van der Waals surface area contributed by atoms with Crippen molar-refractivity contribution >= 4 is 5.71 Å². The predicted molar refractivity (Wildman–Crippen MR) is 48.6 cm³/mol. The number of nitrogens with zero attached hydrogens (tertiary/aromatic N) is 1.